The first-order chi connectivity index (χ1) is 13.0. The summed E-state index contributed by atoms with van der Waals surface area (Å²) in [5.74, 6) is 0. The molecule has 0 radical (unpaired) electrons. The lowest BCUT2D eigenvalue weighted by molar-refractivity contribution is -0.282. The van der Waals surface area contributed by atoms with E-state index in [2.05, 4.69) is 32.4 Å². The van der Waals surface area contributed by atoms with E-state index in [9.17, 15) is 9.90 Å². The molecule has 0 N–H and O–H groups in total. The van der Waals surface area contributed by atoms with Gasteiger partial charge in [0.15, 0.2) is 0 Å². The molecule has 0 aliphatic heterocycles. The van der Waals surface area contributed by atoms with Crippen LogP contribution in [0.1, 0.15) is 112 Å². The molecule has 0 bridgehead atoms. The standard InChI is InChI=1S/C18H40P.C5H10O3/c1-5-9-13-14-18-19(15-10-6-2,16-11-7-3)17-12-8-4;1-2-3-4-8-5(6)7/h5-18H2,1-4H3;2-4H2,1H3,(H,6,7)/q+1;/p-1. The molecule has 27 heavy (non-hydrogen) atoms. The van der Waals surface area contributed by atoms with Gasteiger partial charge in [-0.15, -0.1) is 0 Å². The van der Waals surface area contributed by atoms with Crippen molar-refractivity contribution >= 4 is 13.4 Å². The number of hydrogen-bond donors (Lipinski definition) is 0. The topological polar surface area (TPSA) is 49.4 Å². The van der Waals surface area contributed by atoms with Crippen molar-refractivity contribution in [2.45, 2.75) is 112 Å². The number of hydrogen-bond acceptors (Lipinski definition) is 3. The van der Waals surface area contributed by atoms with Gasteiger partial charge in [0.25, 0.3) is 6.16 Å². The molecule has 0 fully saturated rings. The van der Waals surface area contributed by atoms with Crippen LogP contribution in [0.4, 0.5) is 4.79 Å². The van der Waals surface area contributed by atoms with Gasteiger partial charge in [0.1, 0.15) is 0 Å². The van der Waals surface area contributed by atoms with Crippen LogP contribution in [-0.2, 0) is 4.74 Å². The van der Waals surface area contributed by atoms with Gasteiger partial charge in [-0.25, -0.2) is 0 Å². The van der Waals surface area contributed by atoms with Gasteiger partial charge in [0.2, 0.25) is 0 Å². The third-order valence-corrected chi connectivity index (χ3v) is 10.2. The zero-order valence-electron chi connectivity index (χ0n) is 19.2. The van der Waals surface area contributed by atoms with Crippen molar-refractivity contribution in [1.29, 1.82) is 0 Å². The first-order valence-electron chi connectivity index (χ1n) is 11.7. The molecular weight excluding hydrogens is 355 g/mol. The minimum atomic E-state index is -1.43. The molecule has 0 saturated carbocycles. The first kappa shape index (κ1) is 28.9. The first-order valence-corrected chi connectivity index (χ1v) is 14.2. The molecule has 0 atom stereocenters. The minimum absolute atomic E-state index is 0.263. The molecular formula is C23H49O3P. The fourth-order valence-electron chi connectivity index (χ4n) is 3.33. The molecule has 0 unspecified atom stereocenters. The van der Waals surface area contributed by atoms with Crippen LogP contribution in [0.2, 0.25) is 0 Å². The average Bonchev–Trinajstić information content (AvgIpc) is 2.66. The van der Waals surface area contributed by atoms with Crippen LogP contribution in [-0.4, -0.2) is 37.4 Å². The number of unbranched alkanes of at least 4 members (excludes halogenated alkanes) is 7. The van der Waals surface area contributed by atoms with Gasteiger partial charge in [-0.1, -0.05) is 73.1 Å². The smallest absolute Gasteiger partial charge is 0.251 e. The molecule has 164 valence electrons. The molecule has 0 aliphatic carbocycles. The maximum atomic E-state index is 9.54. The summed E-state index contributed by atoms with van der Waals surface area (Å²) in [6, 6.07) is 0. The van der Waals surface area contributed by atoms with Crippen LogP contribution in [0.5, 0.6) is 0 Å². The molecule has 0 amide bonds. The van der Waals surface area contributed by atoms with Crippen molar-refractivity contribution in [2.75, 3.05) is 31.3 Å². The fraction of sp³-hybridized carbons (Fsp3) is 0.957. The Morgan fingerprint density at radius 1 is 0.630 bits per heavy atom. The summed E-state index contributed by atoms with van der Waals surface area (Å²) in [5, 5.41) is 9.54. The van der Waals surface area contributed by atoms with Gasteiger partial charge in [-0.3, -0.25) is 0 Å². The quantitative estimate of drug-likeness (QED) is 0.147. The van der Waals surface area contributed by atoms with Crippen LogP contribution in [0, 0.1) is 0 Å². The predicted octanol–water partition coefficient (Wildman–Crippen LogP) is 7.13. The normalized spacial score (nSPS) is 11.0. The lowest BCUT2D eigenvalue weighted by Crippen LogP contribution is -2.23. The summed E-state index contributed by atoms with van der Waals surface area (Å²) in [4.78, 5) is 9.54. The SMILES string of the molecule is CCCCCC[P+](CCCC)(CCCC)CCCC.CCCCOC(=O)[O-]. The second-order valence-electron chi connectivity index (χ2n) is 7.81. The summed E-state index contributed by atoms with van der Waals surface area (Å²) in [6.07, 6.45) is 21.2. The molecule has 0 saturated heterocycles. The van der Waals surface area contributed by atoms with E-state index in [1.165, 1.54) is 64.2 Å². The zero-order chi connectivity index (χ0) is 20.8. The molecule has 3 nitrogen and oxygen atoms in total. The van der Waals surface area contributed by atoms with Crippen molar-refractivity contribution in [3.63, 3.8) is 0 Å². The van der Waals surface area contributed by atoms with E-state index in [0.29, 0.717) is 0 Å². The van der Waals surface area contributed by atoms with E-state index in [0.717, 1.165) is 12.8 Å². The number of ether oxygens (including phenoxy) is 1. The molecule has 0 aliphatic rings. The Morgan fingerprint density at radius 2 is 1.04 bits per heavy atom. The van der Waals surface area contributed by atoms with E-state index < -0.39 is 13.4 Å². The third-order valence-electron chi connectivity index (χ3n) is 5.16. The Balaban J connectivity index is 0. The van der Waals surface area contributed by atoms with Crippen LogP contribution in [0.3, 0.4) is 0 Å². The van der Waals surface area contributed by atoms with Gasteiger partial charge in [-0.05, 0) is 38.5 Å². The lowest BCUT2D eigenvalue weighted by atomic mass is 10.2. The van der Waals surface area contributed by atoms with Crippen molar-refractivity contribution in [3.05, 3.63) is 0 Å². The summed E-state index contributed by atoms with van der Waals surface area (Å²) in [6.45, 7) is 11.6. The van der Waals surface area contributed by atoms with Gasteiger partial charge in [0, 0.05) is 13.9 Å². The van der Waals surface area contributed by atoms with Crippen LogP contribution >= 0.6 is 7.26 Å². The molecule has 0 rings (SSSR count). The number of carboxylic acid groups (broad SMARTS) is 1. The second kappa shape index (κ2) is 22.0. The maximum Gasteiger partial charge on any atom is 0.251 e. The van der Waals surface area contributed by atoms with E-state index in [-0.39, 0.29) is 6.61 Å². The Kier molecular flexibility index (Phi) is 23.5. The second-order valence-corrected chi connectivity index (χ2v) is 12.3. The van der Waals surface area contributed by atoms with Gasteiger partial charge >= 0.3 is 0 Å². The highest BCUT2D eigenvalue weighted by molar-refractivity contribution is 7.75. The van der Waals surface area contributed by atoms with Gasteiger partial charge in [0.05, 0.1) is 24.6 Å². The van der Waals surface area contributed by atoms with Crippen molar-refractivity contribution in [1.82, 2.24) is 0 Å². The molecule has 0 spiro atoms. The highest BCUT2D eigenvalue weighted by Crippen LogP contribution is 2.61. The Labute approximate surface area is 171 Å². The molecule has 0 aromatic rings. The van der Waals surface area contributed by atoms with E-state index in [1.54, 1.807) is 24.6 Å². The van der Waals surface area contributed by atoms with Crippen LogP contribution < -0.4 is 5.11 Å². The summed E-state index contributed by atoms with van der Waals surface area (Å²) in [5.41, 5.74) is 0. The zero-order valence-corrected chi connectivity index (χ0v) is 20.1. The Hall–Kier alpha value is -0.300. The molecule has 4 heteroatoms. The average molecular weight is 405 g/mol. The summed E-state index contributed by atoms with van der Waals surface area (Å²) >= 11 is 0. The number of carbonyl (C=O) groups excluding carboxylic acids is 1. The van der Waals surface area contributed by atoms with Crippen molar-refractivity contribution < 1.29 is 14.6 Å². The Morgan fingerprint density at radius 3 is 1.41 bits per heavy atom. The Bertz CT molecular complexity index is 286. The maximum absolute atomic E-state index is 9.54. The summed E-state index contributed by atoms with van der Waals surface area (Å²) in [7, 11) is -0.586. The largest absolute Gasteiger partial charge is 0.550 e. The molecule has 0 heterocycles. The lowest BCUT2D eigenvalue weighted by Gasteiger charge is -2.28. The van der Waals surface area contributed by atoms with E-state index >= 15 is 0 Å². The molecule has 0 aromatic heterocycles. The van der Waals surface area contributed by atoms with Crippen molar-refractivity contribution in [2.24, 2.45) is 0 Å². The third kappa shape index (κ3) is 20.2. The van der Waals surface area contributed by atoms with Crippen molar-refractivity contribution in [3.8, 4) is 0 Å². The van der Waals surface area contributed by atoms with Crippen LogP contribution in [0.25, 0.3) is 0 Å². The number of rotatable bonds is 17. The number of carbonyl (C=O) groups is 1. The predicted molar refractivity (Wildman–Crippen MR) is 122 cm³/mol. The van der Waals surface area contributed by atoms with Gasteiger partial charge in [-0.2, -0.15) is 0 Å². The van der Waals surface area contributed by atoms with E-state index in [1.807, 2.05) is 6.92 Å². The molecule has 0 aromatic carbocycles. The highest BCUT2D eigenvalue weighted by atomic mass is 31.2. The monoisotopic (exact) mass is 404 g/mol. The van der Waals surface area contributed by atoms with Gasteiger partial charge < -0.3 is 14.6 Å². The van der Waals surface area contributed by atoms with E-state index in [4.69, 9.17) is 0 Å². The fourth-order valence-corrected chi connectivity index (χ4v) is 8.52. The highest BCUT2D eigenvalue weighted by Gasteiger charge is 2.34. The minimum Gasteiger partial charge on any atom is -0.550 e. The summed E-state index contributed by atoms with van der Waals surface area (Å²) < 4.78 is 4.09. The van der Waals surface area contributed by atoms with Crippen LogP contribution in [0.15, 0.2) is 0 Å².